The summed E-state index contributed by atoms with van der Waals surface area (Å²) in [6.07, 6.45) is 6.08. The van der Waals surface area contributed by atoms with Gasteiger partial charge in [-0.1, -0.05) is 13.0 Å². The van der Waals surface area contributed by atoms with Gasteiger partial charge in [0.05, 0.1) is 6.20 Å². The molecule has 1 N–H and O–H groups in total. The van der Waals surface area contributed by atoms with E-state index in [1.54, 1.807) is 0 Å². The van der Waals surface area contributed by atoms with E-state index in [9.17, 15) is 0 Å². The minimum Gasteiger partial charge on any atom is -0.316 e. The van der Waals surface area contributed by atoms with E-state index in [-0.39, 0.29) is 0 Å². The molecule has 1 aliphatic rings. The molecule has 1 aromatic rings. The minimum absolute atomic E-state index is 0.565. The molecule has 1 atom stereocenters. The van der Waals surface area contributed by atoms with Gasteiger partial charge in [0, 0.05) is 24.7 Å². The molecule has 0 fully saturated rings. The summed E-state index contributed by atoms with van der Waals surface area (Å²) >= 11 is 0. The number of rotatable bonds is 3. The molecule has 1 unspecified atom stereocenters. The van der Waals surface area contributed by atoms with Gasteiger partial charge in [-0.3, -0.25) is 4.68 Å². The van der Waals surface area contributed by atoms with Crippen LogP contribution in [0.25, 0.3) is 0 Å². The number of nitrogens with zero attached hydrogens (tertiary/aromatic N) is 2. The lowest BCUT2D eigenvalue weighted by Gasteiger charge is -2.13. The van der Waals surface area contributed by atoms with Gasteiger partial charge in [0.25, 0.3) is 0 Å². The first-order valence-electron chi connectivity index (χ1n) is 5.69. The average Bonchev–Trinajstić information content (AvgIpc) is 2.55. The fourth-order valence-electron chi connectivity index (χ4n) is 2.23. The van der Waals surface area contributed by atoms with Crippen molar-refractivity contribution in [2.45, 2.75) is 32.2 Å². The summed E-state index contributed by atoms with van der Waals surface area (Å²) in [6.45, 7) is 9.12. The van der Waals surface area contributed by atoms with Crippen LogP contribution in [0.3, 0.4) is 0 Å². The molecule has 1 aromatic heterocycles. The maximum Gasteiger partial charge on any atom is 0.0525 e. The lowest BCUT2D eigenvalue weighted by Crippen LogP contribution is -2.20. The molecule has 2 rings (SSSR count). The van der Waals surface area contributed by atoms with Crippen molar-refractivity contribution in [1.29, 1.82) is 0 Å². The van der Waals surface area contributed by atoms with Crippen LogP contribution >= 0.6 is 0 Å². The Hall–Kier alpha value is -1.09. The van der Waals surface area contributed by atoms with Gasteiger partial charge in [-0.05, 0) is 24.9 Å². The highest BCUT2D eigenvalue weighted by molar-refractivity contribution is 5.23. The molecule has 2 heterocycles. The first-order chi connectivity index (χ1) is 7.33. The lowest BCUT2D eigenvalue weighted by molar-refractivity contribution is 0.546. The number of allylic oxidation sites excluding steroid dienone is 1. The Bertz CT molecular complexity index is 341. The minimum atomic E-state index is 0.565. The molecule has 0 bridgehead atoms. The highest BCUT2D eigenvalue weighted by Crippen LogP contribution is 2.22. The van der Waals surface area contributed by atoms with E-state index in [2.05, 4.69) is 28.6 Å². The highest BCUT2D eigenvalue weighted by atomic mass is 15.3. The molecule has 3 nitrogen and oxygen atoms in total. The van der Waals surface area contributed by atoms with Crippen molar-refractivity contribution in [2.24, 2.45) is 0 Å². The van der Waals surface area contributed by atoms with Crippen molar-refractivity contribution in [2.75, 3.05) is 13.1 Å². The zero-order valence-corrected chi connectivity index (χ0v) is 9.37. The van der Waals surface area contributed by atoms with Crippen LogP contribution in [0, 0.1) is 0 Å². The third-order valence-corrected chi connectivity index (χ3v) is 2.99. The summed E-state index contributed by atoms with van der Waals surface area (Å²) in [6, 6.07) is 0. The van der Waals surface area contributed by atoms with Crippen LogP contribution in [0.1, 0.15) is 30.5 Å². The standard InChI is InChI=1S/C12H19N3/c1-3-4-7-15-12-10(2)8-13-6-5-11(12)9-14-15/h3,9-10,13H,1,4-8H2,2H3. The monoisotopic (exact) mass is 205 g/mol. The van der Waals surface area contributed by atoms with Crippen LogP contribution in [-0.4, -0.2) is 22.9 Å². The lowest BCUT2D eigenvalue weighted by atomic mass is 10.0. The molecule has 1 aliphatic heterocycles. The molecule has 0 spiro atoms. The van der Waals surface area contributed by atoms with Crippen LogP contribution in [0.4, 0.5) is 0 Å². The Morgan fingerprint density at radius 1 is 1.73 bits per heavy atom. The fraction of sp³-hybridized carbons (Fsp3) is 0.583. The molecule has 82 valence electrons. The molecule has 0 amide bonds. The smallest absolute Gasteiger partial charge is 0.0525 e. The van der Waals surface area contributed by atoms with Gasteiger partial charge in [0.1, 0.15) is 0 Å². The molecule has 0 radical (unpaired) electrons. The maximum atomic E-state index is 4.47. The normalized spacial score (nSPS) is 20.7. The first-order valence-corrected chi connectivity index (χ1v) is 5.69. The van der Waals surface area contributed by atoms with E-state index < -0.39 is 0 Å². The number of fused-ring (bicyclic) bond motifs is 1. The van der Waals surface area contributed by atoms with Crippen LogP contribution in [0.2, 0.25) is 0 Å². The summed E-state index contributed by atoms with van der Waals surface area (Å²) in [5.74, 6) is 0.565. The number of hydrogen-bond donors (Lipinski definition) is 1. The van der Waals surface area contributed by atoms with Gasteiger partial charge >= 0.3 is 0 Å². The third kappa shape index (κ3) is 2.12. The molecular formula is C12H19N3. The zero-order chi connectivity index (χ0) is 10.7. The van der Waals surface area contributed by atoms with Gasteiger partial charge in [0.15, 0.2) is 0 Å². The van der Waals surface area contributed by atoms with Crippen molar-refractivity contribution in [3.63, 3.8) is 0 Å². The fourth-order valence-corrected chi connectivity index (χ4v) is 2.23. The molecule has 3 heteroatoms. The van der Waals surface area contributed by atoms with Crippen LogP contribution in [-0.2, 0) is 13.0 Å². The predicted octanol–water partition coefficient (Wildman–Crippen LogP) is 1.71. The Labute approximate surface area is 91.2 Å². The predicted molar refractivity (Wildman–Crippen MR) is 62.0 cm³/mol. The summed E-state index contributed by atoms with van der Waals surface area (Å²) in [5.41, 5.74) is 2.83. The summed E-state index contributed by atoms with van der Waals surface area (Å²) < 4.78 is 2.15. The Morgan fingerprint density at radius 2 is 2.60 bits per heavy atom. The van der Waals surface area contributed by atoms with E-state index in [1.807, 2.05) is 12.3 Å². The number of nitrogens with one attached hydrogen (secondary N) is 1. The van der Waals surface area contributed by atoms with Crippen LogP contribution in [0.15, 0.2) is 18.9 Å². The van der Waals surface area contributed by atoms with E-state index in [0.29, 0.717) is 5.92 Å². The molecule has 0 aromatic carbocycles. The van der Waals surface area contributed by atoms with Gasteiger partial charge in [0.2, 0.25) is 0 Å². The average molecular weight is 205 g/mol. The molecular weight excluding hydrogens is 186 g/mol. The second-order valence-corrected chi connectivity index (χ2v) is 4.21. The Morgan fingerprint density at radius 3 is 3.40 bits per heavy atom. The van der Waals surface area contributed by atoms with Crippen molar-refractivity contribution in [1.82, 2.24) is 15.1 Å². The Kier molecular flexibility index (Phi) is 3.21. The van der Waals surface area contributed by atoms with Crippen molar-refractivity contribution in [3.05, 3.63) is 30.1 Å². The number of hydrogen-bond acceptors (Lipinski definition) is 2. The summed E-state index contributed by atoms with van der Waals surface area (Å²) in [4.78, 5) is 0. The largest absolute Gasteiger partial charge is 0.316 e. The molecule has 0 aliphatic carbocycles. The second-order valence-electron chi connectivity index (χ2n) is 4.21. The maximum absolute atomic E-state index is 4.47. The van der Waals surface area contributed by atoms with Gasteiger partial charge in [-0.15, -0.1) is 6.58 Å². The topological polar surface area (TPSA) is 29.9 Å². The highest BCUT2D eigenvalue weighted by Gasteiger charge is 2.19. The quantitative estimate of drug-likeness (QED) is 0.761. The van der Waals surface area contributed by atoms with Gasteiger partial charge in [-0.25, -0.2) is 0 Å². The van der Waals surface area contributed by atoms with E-state index >= 15 is 0 Å². The van der Waals surface area contributed by atoms with Crippen molar-refractivity contribution in [3.8, 4) is 0 Å². The number of aryl methyl sites for hydroxylation is 1. The van der Waals surface area contributed by atoms with Crippen molar-refractivity contribution >= 4 is 0 Å². The Balaban J connectivity index is 2.25. The van der Waals surface area contributed by atoms with Crippen molar-refractivity contribution < 1.29 is 0 Å². The first kappa shape index (κ1) is 10.4. The molecule has 15 heavy (non-hydrogen) atoms. The van der Waals surface area contributed by atoms with Crippen LogP contribution in [0.5, 0.6) is 0 Å². The van der Waals surface area contributed by atoms with E-state index in [4.69, 9.17) is 0 Å². The number of aromatic nitrogens is 2. The van der Waals surface area contributed by atoms with Crippen LogP contribution < -0.4 is 5.32 Å². The molecule has 0 saturated heterocycles. The van der Waals surface area contributed by atoms with E-state index in [1.165, 1.54) is 11.3 Å². The summed E-state index contributed by atoms with van der Waals surface area (Å²) in [5, 5.41) is 7.92. The SMILES string of the molecule is C=CCCn1ncc2c1C(C)CNCC2. The second kappa shape index (κ2) is 4.62. The van der Waals surface area contributed by atoms with E-state index in [0.717, 1.165) is 32.5 Å². The summed E-state index contributed by atoms with van der Waals surface area (Å²) in [7, 11) is 0. The molecule has 0 saturated carbocycles. The van der Waals surface area contributed by atoms with Gasteiger partial charge in [-0.2, -0.15) is 5.10 Å². The zero-order valence-electron chi connectivity index (χ0n) is 9.37. The van der Waals surface area contributed by atoms with Gasteiger partial charge < -0.3 is 5.32 Å². The third-order valence-electron chi connectivity index (χ3n) is 2.99.